The van der Waals surface area contributed by atoms with Crippen LogP contribution < -0.4 is 9.47 Å². The van der Waals surface area contributed by atoms with E-state index in [4.69, 9.17) is 14.6 Å². The van der Waals surface area contributed by atoms with E-state index in [2.05, 4.69) is 9.97 Å². The Morgan fingerprint density at radius 2 is 1.62 bits per heavy atom. The molecule has 0 aliphatic carbocycles. The Bertz CT molecular complexity index is 980. The molecule has 0 aliphatic rings. The number of ether oxygens (including phenoxy) is 2. The van der Waals surface area contributed by atoms with Crippen molar-refractivity contribution in [3.05, 3.63) is 54.6 Å². The van der Waals surface area contributed by atoms with Gasteiger partial charge in [-0.25, -0.2) is 9.97 Å². The maximum atomic E-state index is 10.7. The smallest absolute Gasteiger partial charge is 0.303 e. The lowest BCUT2D eigenvalue weighted by Crippen LogP contribution is -1.98. The van der Waals surface area contributed by atoms with E-state index in [1.807, 2.05) is 54.6 Å². The van der Waals surface area contributed by atoms with Crippen molar-refractivity contribution in [2.45, 2.75) is 18.0 Å². The summed E-state index contributed by atoms with van der Waals surface area (Å²) in [5, 5.41) is 9.44. The van der Waals surface area contributed by atoms with E-state index in [-0.39, 0.29) is 6.42 Å². The monoisotopic (exact) mass is 410 g/mol. The average Bonchev–Trinajstić information content (AvgIpc) is 2.76. The van der Waals surface area contributed by atoms with Gasteiger partial charge in [-0.2, -0.15) is 0 Å². The van der Waals surface area contributed by atoms with Crippen molar-refractivity contribution >= 4 is 17.7 Å². The molecule has 3 aromatic rings. The topological polar surface area (TPSA) is 81.5 Å². The molecule has 3 rings (SSSR count). The standard InChI is InChI=1S/C22H22N2O4S/c1-27-19-11-10-16(13-20(19)28-2)18-14-17(15-7-4-3-5-8-15)23-22(24-18)29-12-6-9-21(25)26/h3-5,7-8,10-11,13-14H,6,9,12H2,1-2H3,(H,25,26). The third kappa shape index (κ3) is 5.48. The molecule has 0 bridgehead atoms. The fourth-order valence-corrected chi connectivity index (χ4v) is 3.57. The minimum absolute atomic E-state index is 0.133. The molecule has 0 saturated heterocycles. The van der Waals surface area contributed by atoms with Gasteiger partial charge >= 0.3 is 5.97 Å². The first-order valence-electron chi connectivity index (χ1n) is 9.12. The number of rotatable bonds is 9. The quantitative estimate of drug-likeness (QED) is 0.309. The molecule has 1 N–H and O–H groups in total. The maximum Gasteiger partial charge on any atom is 0.303 e. The molecule has 0 aliphatic heterocycles. The Morgan fingerprint density at radius 3 is 2.28 bits per heavy atom. The molecule has 0 saturated carbocycles. The van der Waals surface area contributed by atoms with Crippen LogP contribution in [0.4, 0.5) is 0 Å². The average molecular weight is 410 g/mol. The van der Waals surface area contributed by atoms with Crippen molar-refractivity contribution < 1.29 is 19.4 Å². The van der Waals surface area contributed by atoms with Crippen molar-refractivity contribution in [2.24, 2.45) is 0 Å². The molecular weight excluding hydrogens is 388 g/mol. The van der Waals surface area contributed by atoms with Crippen molar-refractivity contribution in [1.29, 1.82) is 0 Å². The van der Waals surface area contributed by atoms with Gasteiger partial charge in [0.15, 0.2) is 16.7 Å². The summed E-state index contributed by atoms with van der Waals surface area (Å²) in [7, 11) is 3.20. The van der Waals surface area contributed by atoms with Crippen LogP contribution in [-0.4, -0.2) is 41.0 Å². The molecule has 29 heavy (non-hydrogen) atoms. The van der Waals surface area contributed by atoms with Gasteiger partial charge < -0.3 is 14.6 Å². The molecule has 2 aromatic carbocycles. The Labute approximate surface area is 173 Å². The number of aromatic nitrogens is 2. The lowest BCUT2D eigenvalue weighted by Gasteiger charge is -2.11. The van der Waals surface area contributed by atoms with Crippen molar-refractivity contribution in [1.82, 2.24) is 9.97 Å². The van der Waals surface area contributed by atoms with E-state index in [9.17, 15) is 4.79 Å². The summed E-state index contributed by atoms with van der Waals surface area (Å²) in [4.78, 5) is 20.1. The van der Waals surface area contributed by atoms with Crippen LogP contribution in [0, 0.1) is 0 Å². The minimum Gasteiger partial charge on any atom is -0.493 e. The molecule has 7 heteroatoms. The molecular formula is C22H22N2O4S. The van der Waals surface area contributed by atoms with Crippen molar-refractivity contribution in [2.75, 3.05) is 20.0 Å². The Morgan fingerprint density at radius 1 is 0.931 bits per heavy atom. The maximum absolute atomic E-state index is 10.7. The predicted octanol–water partition coefficient (Wildman–Crippen LogP) is 4.78. The lowest BCUT2D eigenvalue weighted by molar-refractivity contribution is -0.137. The molecule has 0 spiro atoms. The number of nitrogens with zero attached hydrogens (tertiary/aromatic N) is 2. The Balaban J connectivity index is 1.97. The zero-order valence-electron chi connectivity index (χ0n) is 16.3. The number of carboxylic acid groups (broad SMARTS) is 1. The van der Waals surface area contributed by atoms with Gasteiger partial charge in [0.05, 0.1) is 25.6 Å². The van der Waals surface area contributed by atoms with Crippen LogP contribution in [0.3, 0.4) is 0 Å². The summed E-state index contributed by atoms with van der Waals surface area (Å²) in [6.07, 6.45) is 0.693. The molecule has 1 aromatic heterocycles. The Kier molecular flexibility index (Phi) is 7.08. The van der Waals surface area contributed by atoms with Crippen LogP contribution in [0.5, 0.6) is 11.5 Å². The molecule has 0 atom stereocenters. The fraction of sp³-hybridized carbons (Fsp3) is 0.227. The van der Waals surface area contributed by atoms with Gasteiger partial charge in [-0.15, -0.1) is 0 Å². The largest absolute Gasteiger partial charge is 0.493 e. The third-order valence-electron chi connectivity index (χ3n) is 4.22. The van der Waals surface area contributed by atoms with Gasteiger partial charge in [-0.1, -0.05) is 42.1 Å². The van der Waals surface area contributed by atoms with Crippen LogP contribution in [0.25, 0.3) is 22.5 Å². The fourth-order valence-electron chi connectivity index (χ4n) is 2.78. The highest BCUT2D eigenvalue weighted by molar-refractivity contribution is 7.99. The van der Waals surface area contributed by atoms with Crippen LogP contribution in [-0.2, 0) is 4.79 Å². The zero-order valence-corrected chi connectivity index (χ0v) is 17.1. The van der Waals surface area contributed by atoms with Gasteiger partial charge in [-0.05, 0) is 30.7 Å². The summed E-state index contributed by atoms with van der Waals surface area (Å²) < 4.78 is 10.7. The zero-order chi connectivity index (χ0) is 20.6. The SMILES string of the molecule is COc1ccc(-c2cc(-c3ccccc3)nc(SCCCC(=O)O)n2)cc1OC. The number of hydrogen-bond acceptors (Lipinski definition) is 6. The first-order valence-corrected chi connectivity index (χ1v) is 10.1. The summed E-state index contributed by atoms with van der Waals surface area (Å²) in [5.41, 5.74) is 3.45. The highest BCUT2D eigenvalue weighted by Gasteiger charge is 2.12. The third-order valence-corrected chi connectivity index (χ3v) is 5.15. The Hall–Kier alpha value is -3.06. The van der Waals surface area contributed by atoms with Gasteiger partial charge in [0.25, 0.3) is 0 Å². The predicted molar refractivity (Wildman–Crippen MR) is 114 cm³/mol. The van der Waals surface area contributed by atoms with E-state index in [1.54, 1.807) is 14.2 Å². The summed E-state index contributed by atoms with van der Waals surface area (Å²) in [6, 6.07) is 17.5. The molecule has 0 fully saturated rings. The van der Waals surface area contributed by atoms with Crippen molar-refractivity contribution in [3.63, 3.8) is 0 Å². The van der Waals surface area contributed by atoms with Crippen LogP contribution in [0.15, 0.2) is 59.8 Å². The molecule has 0 unspecified atom stereocenters. The first-order chi connectivity index (χ1) is 14.1. The van der Waals surface area contributed by atoms with E-state index < -0.39 is 5.97 Å². The number of carbonyl (C=O) groups is 1. The number of hydrogen-bond donors (Lipinski definition) is 1. The number of methoxy groups -OCH3 is 2. The summed E-state index contributed by atoms with van der Waals surface area (Å²) in [6.45, 7) is 0. The van der Waals surface area contributed by atoms with Gasteiger partial charge in [0, 0.05) is 23.3 Å². The van der Waals surface area contributed by atoms with Crippen LogP contribution in [0.1, 0.15) is 12.8 Å². The lowest BCUT2D eigenvalue weighted by atomic mass is 10.1. The van der Waals surface area contributed by atoms with Gasteiger partial charge in [0.1, 0.15) is 0 Å². The first kappa shape index (κ1) is 20.7. The van der Waals surface area contributed by atoms with E-state index >= 15 is 0 Å². The van der Waals surface area contributed by atoms with E-state index in [0.717, 1.165) is 22.5 Å². The number of carboxylic acids is 1. The molecule has 6 nitrogen and oxygen atoms in total. The van der Waals surface area contributed by atoms with E-state index in [0.29, 0.717) is 28.8 Å². The number of aliphatic carboxylic acids is 1. The highest BCUT2D eigenvalue weighted by atomic mass is 32.2. The van der Waals surface area contributed by atoms with Crippen molar-refractivity contribution in [3.8, 4) is 34.0 Å². The summed E-state index contributed by atoms with van der Waals surface area (Å²) in [5.74, 6) is 1.11. The van der Waals surface area contributed by atoms with Gasteiger partial charge in [-0.3, -0.25) is 4.79 Å². The number of benzene rings is 2. The van der Waals surface area contributed by atoms with Crippen LogP contribution >= 0.6 is 11.8 Å². The second-order valence-electron chi connectivity index (χ2n) is 6.20. The number of thioether (sulfide) groups is 1. The molecule has 1 heterocycles. The normalized spacial score (nSPS) is 10.6. The molecule has 0 radical (unpaired) electrons. The highest BCUT2D eigenvalue weighted by Crippen LogP contribution is 2.33. The second kappa shape index (κ2) is 9.93. The van der Waals surface area contributed by atoms with Crippen LogP contribution in [0.2, 0.25) is 0 Å². The van der Waals surface area contributed by atoms with Gasteiger partial charge in [0.2, 0.25) is 0 Å². The second-order valence-corrected chi connectivity index (χ2v) is 7.26. The van der Waals surface area contributed by atoms with E-state index in [1.165, 1.54) is 11.8 Å². The molecule has 150 valence electrons. The minimum atomic E-state index is -0.796. The summed E-state index contributed by atoms with van der Waals surface area (Å²) >= 11 is 1.46. The molecule has 0 amide bonds.